The van der Waals surface area contributed by atoms with Crippen LogP contribution in [0.1, 0.15) is 70.1 Å². The van der Waals surface area contributed by atoms with E-state index in [4.69, 9.17) is 0 Å². The lowest BCUT2D eigenvalue weighted by molar-refractivity contribution is 0.195. The van der Waals surface area contributed by atoms with Gasteiger partial charge in [-0.1, -0.05) is 131 Å². The van der Waals surface area contributed by atoms with E-state index in [9.17, 15) is 0 Å². The Balaban J connectivity index is 1.25. The largest absolute Gasteiger partial charge is 0.375 e. The maximum atomic E-state index is 2.86. The molecule has 1 saturated carbocycles. The average molecular weight is 684 g/mol. The molecule has 2 unspecified atom stereocenters. The van der Waals surface area contributed by atoms with Crippen LogP contribution in [-0.4, -0.2) is 16.9 Å². The Hall–Kier alpha value is -5.48. The molecular formula is C49H42BN3. The molecule has 12 rings (SSSR count). The van der Waals surface area contributed by atoms with Crippen molar-refractivity contribution >= 4 is 57.1 Å². The van der Waals surface area contributed by atoms with Gasteiger partial charge in [0.15, 0.2) is 0 Å². The molecule has 6 aromatic carbocycles. The van der Waals surface area contributed by atoms with Crippen molar-refractivity contribution in [3.8, 4) is 22.4 Å². The van der Waals surface area contributed by atoms with Gasteiger partial charge < -0.3 is 14.3 Å². The van der Waals surface area contributed by atoms with Crippen LogP contribution in [0.25, 0.3) is 33.3 Å². The van der Waals surface area contributed by atoms with Crippen molar-refractivity contribution in [2.24, 2.45) is 0 Å². The minimum atomic E-state index is -0.106. The summed E-state index contributed by atoms with van der Waals surface area (Å²) in [5.74, 6) is 0. The second-order valence-electron chi connectivity index (χ2n) is 17.2. The van der Waals surface area contributed by atoms with E-state index in [0.717, 1.165) is 0 Å². The summed E-state index contributed by atoms with van der Waals surface area (Å²) in [6, 6.07) is 50.6. The lowest BCUT2D eigenvalue weighted by atomic mass is 9.45. The number of anilines is 5. The minimum Gasteiger partial charge on any atom is -0.375 e. The molecule has 0 spiro atoms. The Labute approximate surface area is 312 Å². The third-order valence-corrected chi connectivity index (χ3v) is 14.4. The number of nitrogens with zero attached hydrogens (tertiary/aromatic N) is 3. The summed E-state index contributed by atoms with van der Waals surface area (Å²) < 4.78 is 2.80. The molecule has 256 valence electrons. The SMILES string of the molecule is CC1(C)c2ccccc2-c2c1c1cccc3c1n2B1c2cccc4c2N(c2cc(N(c5ccccc5)c5ccccc5)cc-3c21)C1(C)CCCCC41C. The number of aromatic nitrogens is 1. The lowest BCUT2D eigenvalue weighted by Gasteiger charge is -2.52. The summed E-state index contributed by atoms with van der Waals surface area (Å²) in [7, 11) is 0. The molecule has 0 amide bonds. The quantitative estimate of drug-likeness (QED) is 0.172. The molecule has 1 fully saturated rings. The van der Waals surface area contributed by atoms with Crippen molar-refractivity contribution in [1.29, 1.82) is 0 Å². The van der Waals surface area contributed by atoms with Crippen LogP contribution in [-0.2, 0) is 10.8 Å². The third kappa shape index (κ3) is 3.45. The van der Waals surface area contributed by atoms with Gasteiger partial charge in [-0.15, -0.1) is 0 Å². The van der Waals surface area contributed by atoms with Gasteiger partial charge in [0.05, 0.1) is 5.54 Å². The van der Waals surface area contributed by atoms with E-state index in [2.05, 4.69) is 175 Å². The Morgan fingerprint density at radius 3 is 2.04 bits per heavy atom. The van der Waals surface area contributed by atoms with Crippen molar-refractivity contribution in [3.63, 3.8) is 0 Å². The van der Waals surface area contributed by atoms with Crippen LogP contribution in [0.2, 0.25) is 0 Å². The first-order valence-corrected chi connectivity index (χ1v) is 19.6. The Morgan fingerprint density at radius 1 is 0.604 bits per heavy atom. The van der Waals surface area contributed by atoms with Crippen molar-refractivity contribution in [2.45, 2.75) is 69.7 Å². The second-order valence-corrected chi connectivity index (χ2v) is 17.2. The van der Waals surface area contributed by atoms with Crippen molar-refractivity contribution < 1.29 is 0 Å². The fraction of sp³-hybridized carbons (Fsp3) is 0.224. The molecule has 7 aromatic rings. The zero-order chi connectivity index (χ0) is 35.4. The van der Waals surface area contributed by atoms with Gasteiger partial charge in [0.2, 0.25) is 0 Å². The normalized spacial score (nSPS) is 21.9. The zero-order valence-corrected chi connectivity index (χ0v) is 30.9. The zero-order valence-electron chi connectivity index (χ0n) is 30.9. The van der Waals surface area contributed by atoms with Gasteiger partial charge in [-0.3, -0.25) is 0 Å². The van der Waals surface area contributed by atoms with Gasteiger partial charge in [-0.2, -0.15) is 0 Å². The van der Waals surface area contributed by atoms with Crippen LogP contribution in [0.15, 0.2) is 133 Å². The van der Waals surface area contributed by atoms with Crippen LogP contribution >= 0.6 is 0 Å². The molecule has 0 N–H and O–H groups in total. The van der Waals surface area contributed by atoms with E-state index in [0.29, 0.717) is 0 Å². The molecule has 5 aliphatic rings. The van der Waals surface area contributed by atoms with E-state index in [1.54, 1.807) is 0 Å². The fourth-order valence-corrected chi connectivity index (χ4v) is 12.0. The van der Waals surface area contributed by atoms with Crippen LogP contribution < -0.4 is 20.7 Å². The summed E-state index contributed by atoms with van der Waals surface area (Å²) in [5.41, 5.74) is 20.6. The molecular weight excluding hydrogens is 641 g/mol. The maximum Gasteiger partial charge on any atom is 0.333 e. The van der Waals surface area contributed by atoms with Crippen molar-refractivity contribution in [3.05, 3.63) is 150 Å². The van der Waals surface area contributed by atoms with E-state index in [1.807, 2.05) is 0 Å². The topological polar surface area (TPSA) is 11.4 Å². The Morgan fingerprint density at radius 2 is 1.26 bits per heavy atom. The number of hydrogen-bond donors (Lipinski definition) is 0. The van der Waals surface area contributed by atoms with Crippen LogP contribution in [0, 0.1) is 0 Å². The highest BCUT2D eigenvalue weighted by Crippen LogP contribution is 2.63. The van der Waals surface area contributed by atoms with E-state index in [-0.39, 0.29) is 23.2 Å². The number of rotatable bonds is 3. The number of benzene rings is 6. The molecule has 4 heterocycles. The average Bonchev–Trinajstić information content (AvgIpc) is 3.74. The Bertz CT molecular complexity index is 2670. The second kappa shape index (κ2) is 9.93. The van der Waals surface area contributed by atoms with Crippen molar-refractivity contribution in [1.82, 2.24) is 4.48 Å². The van der Waals surface area contributed by atoms with Gasteiger partial charge in [-0.25, -0.2) is 0 Å². The Kier molecular flexibility index (Phi) is 5.63. The van der Waals surface area contributed by atoms with Crippen LogP contribution in [0.3, 0.4) is 0 Å². The van der Waals surface area contributed by atoms with Crippen LogP contribution in [0.4, 0.5) is 28.4 Å². The molecule has 0 saturated heterocycles. The van der Waals surface area contributed by atoms with Crippen molar-refractivity contribution in [2.75, 3.05) is 9.80 Å². The smallest absolute Gasteiger partial charge is 0.333 e. The first kappa shape index (κ1) is 30.0. The first-order valence-electron chi connectivity index (χ1n) is 19.6. The van der Waals surface area contributed by atoms with Gasteiger partial charge in [0, 0.05) is 67.0 Å². The predicted molar refractivity (Wildman–Crippen MR) is 223 cm³/mol. The molecule has 2 atom stereocenters. The predicted octanol–water partition coefficient (Wildman–Crippen LogP) is 11.1. The molecule has 0 bridgehead atoms. The summed E-state index contributed by atoms with van der Waals surface area (Å²) >= 11 is 0. The van der Waals surface area contributed by atoms with Gasteiger partial charge in [0.1, 0.15) is 0 Å². The molecule has 3 aliphatic heterocycles. The number of para-hydroxylation sites is 4. The van der Waals surface area contributed by atoms with Gasteiger partial charge in [0.25, 0.3) is 0 Å². The minimum absolute atomic E-state index is 0.0368. The molecule has 2 aliphatic carbocycles. The monoisotopic (exact) mass is 683 g/mol. The maximum absolute atomic E-state index is 2.86. The first-order chi connectivity index (χ1) is 25.8. The highest BCUT2D eigenvalue weighted by atomic mass is 15.3. The van der Waals surface area contributed by atoms with Gasteiger partial charge in [-0.05, 0) is 89.3 Å². The third-order valence-electron chi connectivity index (χ3n) is 14.4. The summed E-state index contributed by atoms with van der Waals surface area (Å²) in [6.45, 7) is 10.1. The van der Waals surface area contributed by atoms with Crippen LogP contribution in [0.5, 0.6) is 0 Å². The molecule has 0 radical (unpaired) electrons. The standard InChI is InChI=1S/C49H42BN3/c1-47(2)38-24-12-11-21-35(38)45-42(47)36-23-15-22-34-37-29-33(51(31-17-7-5-8-18-31)32-19-9-6-10-20-32)30-41-43(37)50(53(45)44(34)36)40-26-16-25-39-46(40)52(41)49(4)28-14-13-27-48(39,49)3/h5-12,15-26,29-30H,13-14,27-28H2,1-4H3. The van der Waals surface area contributed by atoms with Gasteiger partial charge >= 0.3 is 6.85 Å². The number of fused-ring (bicyclic) bond motifs is 12. The molecule has 4 heteroatoms. The highest BCUT2D eigenvalue weighted by molar-refractivity contribution is 6.89. The molecule has 1 aromatic heterocycles. The summed E-state index contributed by atoms with van der Waals surface area (Å²) in [6.07, 6.45) is 4.94. The number of hydrogen-bond acceptors (Lipinski definition) is 2. The fourth-order valence-electron chi connectivity index (χ4n) is 12.0. The highest BCUT2D eigenvalue weighted by Gasteiger charge is 2.61. The van der Waals surface area contributed by atoms with E-state index >= 15 is 0 Å². The lowest BCUT2D eigenvalue weighted by Crippen LogP contribution is -2.62. The van der Waals surface area contributed by atoms with E-state index in [1.165, 1.54) is 115 Å². The molecule has 3 nitrogen and oxygen atoms in total. The summed E-state index contributed by atoms with van der Waals surface area (Å²) in [4.78, 5) is 5.33. The van der Waals surface area contributed by atoms with E-state index < -0.39 is 0 Å². The molecule has 53 heavy (non-hydrogen) atoms. The summed E-state index contributed by atoms with van der Waals surface area (Å²) in [5, 5.41) is 1.39.